The minimum absolute atomic E-state index is 0.719. The average Bonchev–Trinajstić information content (AvgIpc) is 2.90. The molecule has 4 nitrogen and oxygen atoms in total. The molecule has 0 fully saturated rings. The molecule has 0 aliphatic rings. The van der Waals surface area contributed by atoms with Gasteiger partial charge in [0.15, 0.2) is 10.4 Å². The quantitative estimate of drug-likeness (QED) is 0.727. The number of aromatic amines is 1. The van der Waals surface area contributed by atoms with E-state index >= 15 is 0 Å². The van der Waals surface area contributed by atoms with Crippen LogP contribution in [0.1, 0.15) is 23.7 Å². The fourth-order valence-corrected chi connectivity index (χ4v) is 2.89. The molecule has 0 aliphatic carbocycles. The molecule has 1 N–H and O–H groups in total. The first-order valence-corrected chi connectivity index (χ1v) is 7.19. The van der Waals surface area contributed by atoms with Gasteiger partial charge in [-0.3, -0.25) is 4.57 Å². The number of aromatic nitrogens is 4. The van der Waals surface area contributed by atoms with Crippen LogP contribution in [0.2, 0.25) is 0 Å². The Labute approximate surface area is 123 Å². The summed E-state index contributed by atoms with van der Waals surface area (Å²) in [6.45, 7) is 9.12. The minimum Gasteiger partial charge on any atom is -0.327 e. The number of rotatable bonds is 2. The molecule has 0 radical (unpaired) electrons. The first kappa shape index (κ1) is 13.1. The maximum absolute atomic E-state index is 5.53. The van der Waals surface area contributed by atoms with Crippen LogP contribution in [0.5, 0.6) is 0 Å². The van der Waals surface area contributed by atoms with Crippen molar-refractivity contribution in [2.75, 3.05) is 0 Å². The molecule has 0 atom stereocenters. The van der Waals surface area contributed by atoms with Crippen molar-refractivity contribution in [2.45, 2.75) is 34.2 Å². The molecule has 0 saturated carbocycles. The topological polar surface area (TPSA) is 38.5 Å². The molecular formula is C15H18N4S. The van der Waals surface area contributed by atoms with E-state index in [-0.39, 0.29) is 0 Å². The van der Waals surface area contributed by atoms with E-state index in [1.165, 1.54) is 11.1 Å². The van der Waals surface area contributed by atoms with Crippen LogP contribution in [0.15, 0.2) is 18.2 Å². The zero-order chi connectivity index (χ0) is 14.4. The Morgan fingerprint density at radius 2 is 2.00 bits per heavy atom. The Kier molecular flexibility index (Phi) is 3.01. The van der Waals surface area contributed by atoms with Crippen molar-refractivity contribution in [1.29, 1.82) is 0 Å². The second kappa shape index (κ2) is 4.59. The highest BCUT2D eigenvalue weighted by Crippen LogP contribution is 2.24. The third-order valence-corrected chi connectivity index (χ3v) is 3.94. The number of fused-ring (bicyclic) bond motifs is 1. The summed E-state index contributed by atoms with van der Waals surface area (Å²) < 4.78 is 4.81. The van der Waals surface area contributed by atoms with Gasteiger partial charge in [0.1, 0.15) is 5.52 Å². The van der Waals surface area contributed by atoms with Crippen molar-refractivity contribution < 1.29 is 0 Å². The Balaban J connectivity index is 2.44. The summed E-state index contributed by atoms with van der Waals surface area (Å²) in [7, 11) is 0. The lowest BCUT2D eigenvalue weighted by molar-refractivity contribution is 0.661. The van der Waals surface area contributed by atoms with Crippen LogP contribution >= 0.6 is 12.2 Å². The van der Waals surface area contributed by atoms with Gasteiger partial charge in [0.05, 0.1) is 11.4 Å². The van der Waals surface area contributed by atoms with Gasteiger partial charge in [0.2, 0.25) is 0 Å². The summed E-state index contributed by atoms with van der Waals surface area (Å²) in [4.78, 5) is 3.29. The molecule has 2 heterocycles. The van der Waals surface area contributed by atoms with Crippen molar-refractivity contribution in [3.05, 3.63) is 39.8 Å². The molecule has 0 spiro atoms. The SMILES string of the molecule is CCn1nc(C)c2[nH]c(=S)n(-c3cc(C)ccc3C)c21. The molecule has 104 valence electrons. The maximum atomic E-state index is 5.53. The fourth-order valence-electron chi connectivity index (χ4n) is 2.61. The second-order valence-electron chi connectivity index (χ2n) is 5.16. The van der Waals surface area contributed by atoms with E-state index in [0.29, 0.717) is 0 Å². The highest BCUT2D eigenvalue weighted by molar-refractivity contribution is 7.71. The molecule has 3 rings (SSSR count). The van der Waals surface area contributed by atoms with Crippen LogP contribution in [0.3, 0.4) is 0 Å². The van der Waals surface area contributed by atoms with E-state index in [2.05, 4.69) is 53.6 Å². The molecule has 2 aromatic heterocycles. The zero-order valence-electron chi connectivity index (χ0n) is 12.2. The van der Waals surface area contributed by atoms with Crippen molar-refractivity contribution >= 4 is 23.4 Å². The largest absolute Gasteiger partial charge is 0.327 e. The molecule has 20 heavy (non-hydrogen) atoms. The number of imidazole rings is 1. The first-order valence-electron chi connectivity index (χ1n) is 6.78. The highest BCUT2D eigenvalue weighted by Gasteiger charge is 2.16. The summed E-state index contributed by atoms with van der Waals surface area (Å²) in [6.07, 6.45) is 0. The van der Waals surface area contributed by atoms with Crippen molar-refractivity contribution in [3.8, 4) is 5.69 Å². The van der Waals surface area contributed by atoms with E-state index in [4.69, 9.17) is 12.2 Å². The van der Waals surface area contributed by atoms with E-state index in [1.54, 1.807) is 0 Å². The van der Waals surface area contributed by atoms with Gasteiger partial charge in [-0.15, -0.1) is 0 Å². The number of hydrogen-bond donors (Lipinski definition) is 1. The summed E-state index contributed by atoms with van der Waals surface area (Å²) in [6, 6.07) is 6.42. The summed E-state index contributed by atoms with van der Waals surface area (Å²) in [5, 5.41) is 4.57. The normalized spacial score (nSPS) is 11.4. The number of nitrogens with zero attached hydrogens (tertiary/aromatic N) is 3. The summed E-state index contributed by atoms with van der Waals surface area (Å²) >= 11 is 5.53. The monoisotopic (exact) mass is 286 g/mol. The van der Waals surface area contributed by atoms with Crippen LogP contribution in [0.4, 0.5) is 0 Å². The van der Waals surface area contributed by atoms with Gasteiger partial charge < -0.3 is 4.98 Å². The van der Waals surface area contributed by atoms with Gasteiger partial charge in [0, 0.05) is 6.54 Å². The molecular weight excluding hydrogens is 268 g/mol. The second-order valence-corrected chi connectivity index (χ2v) is 5.54. The number of nitrogens with one attached hydrogen (secondary N) is 1. The molecule has 0 saturated heterocycles. The molecule has 0 amide bonds. The number of benzene rings is 1. The van der Waals surface area contributed by atoms with Crippen molar-refractivity contribution in [3.63, 3.8) is 0 Å². The predicted octanol–water partition coefficient (Wildman–Crippen LogP) is 3.83. The van der Waals surface area contributed by atoms with Crippen LogP contribution in [-0.4, -0.2) is 19.3 Å². The lowest BCUT2D eigenvalue weighted by Gasteiger charge is -2.10. The third-order valence-electron chi connectivity index (χ3n) is 3.65. The molecule has 3 aromatic rings. The van der Waals surface area contributed by atoms with Gasteiger partial charge in [-0.2, -0.15) is 5.10 Å². The molecule has 0 aliphatic heterocycles. The Morgan fingerprint density at radius 3 is 2.70 bits per heavy atom. The van der Waals surface area contributed by atoms with Gasteiger partial charge in [-0.25, -0.2) is 4.68 Å². The molecule has 0 unspecified atom stereocenters. The van der Waals surface area contributed by atoms with Gasteiger partial charge in [-0.05, 0) is 57.1 Å². The van der Waals surface area contributed by atoms with Gasteiger partial charge in [-0.1, -0.05) is 12.1 Å². The van der Waals surface area contributed by atoms with E-state index in [9.17, 15) is 0 Å². The van der Waals surface area contributed by atoms with E-state index in [0.717, 1.165) is 33.9 Å². The Morgan fingerprint density at radius 1 is 1.25 bits per heavy atom. The number of aryl methyl sites for hydroxylation is 4. The average molecular weight is 286 g/mol. The standard InChI is InChI=1S/C15H18N4S/c1-5-18-14-13(11(4)17-18)16-15(20)19(14)12-8-9(2)6-7-10(12)3/h6-8H,5H2,1-4H3,(H,16,20). The lowest BCUT2D eigenvalue weighted by Crippen LogP contribution is -2.05. The van der Waals surface area contributed by atoms with E-state index < -0.39 is 0 Å². The Bertz CT molecular complexity index is 851. The van der Waals surface area contributed by atoms with Crippen LogP contribution in [0, 0.1) is 25.5 Å². The number of hydrogen-bond acceptors (Lipinski definition) is 2. The van der Waals surface area contributed by atoms with Crippen LogP contribution < -0.4 is 0 Å². The molecule has 5 heteroatoms. The highest BCUT2D eigenvalue weighted by atomic mass is 32.1. The summed E-state index contributed by atoms with van der Waals surface area (Å²) in [5.74, 6) is 0. The molecule has 0 bridgehead atoms. The maximum Gasteiger partial charge on any atom is 0.184 e. The zero-order valence-corrected chi connectivity index (χ0v) is 13.0. The van der Waals surface area contributed by atoms with Crippen molar-refractivity contribution in [1.82, 2.24) is 19.3 Å². The van der Waals surface area contributed by atoms with Gasteiger partial charge in [0.25, 0.3) is 0 Å². The first-order chi connectivity index (χ1) is 9.52. The predicted molar refractivity (Wildman–Crippen MR) is 84.1 cm³/mol. The lowest BCUT2D eigenvalue weighted by atomic mass is 10.1. The smallest absolute Gasteiger partial charge is 0.184 e. The number of H-pyrrole nitrogens is 1. The molecule has 1 aromatic carbocycles. The third kappa shape index (κ3) is 1.81. The minimum atomic E-state index is 0.719. The van der Waals surface area contributed by atoms with Crippen LogP contribution in [0.25, 0.3) is 16.9 Å². The van der Waals surface area contributed by atoms with Gasteiger partial charge >= 0.3 is 0 Å². The Hall–Kier alpha value is -1.88. The van der Waals surface area contributed by atoms with E-state index in [1.807, 2.05) is 11.6 Å². The summed E-state index contributed by atoms with van der Waals surface area (Å²) in [5.41, 5.74) is 6.60. The fraction of sp³-hybridized carbons (Fsp3) is 0.333. The van der Waals surface area contributed by atoms with Crippen LogP contribution in [-0.2, 0) is 6.54 Å². The van der Waals surface area contributed by atoms with Crippen molar-refractivity contribution in [2.24, 2.45) is 0 Å².